The number of aliphatic carboxylic acids is 1. The Morgan fingerprint density at radius 3 is 1.32 bits per heavy atom. The van der Waals surface area contributed by atoms with Gasteiger partial charge >= 0.3 is 5.97 Å². The van der Waals surface area contributed by atoms with Crippen molar-refractivity contribution in [2.75, 3.05) is 178 Å². The number of carbonyl (C=O) groups excluding carboxylic acids is 2. The first-order valence-electron chi connectivity index (χ1n) is 21.3. The molecule has 22 nitrogen and oxygen atoms in total. The van der Waals surface area contributed by atoms with Crippen LogP contribution in [-0.2, 0) is 89.1 Å². The zero-order valence-corrected chi connectivity index (χ0v) is 37.2. The molecule has 0 spiro atoms. The summed E-state index contributed by atoms with van der Waals surface area (Å²) in [6.07, 6.45) is 2.66. The van der Waals surface area contributed by atoms with Crippen molar-refractivity contribution in [3.05, 3.63) is 11.9 Å². The van der Waals surface area contributed by atoms with Crippen molar-refractivity contribution in [1.82, 2.24) is 25.6 Å². The number of nitrogens with one attached hydrogen (secondary N) is 2. The van der Waals surface area contributed by atoms with Gasteiger partial charge in [0, 0.05) is 18.8 Å². The van der Waals surface area contributed by atoms with Gasteiger partial charge in [0.1, 0.15) is 11.7 Å². The van der Waals surface area contributed by atoms with E-state index in [9.17, 15) is 14.4 Å². The number of aromatic nitrogens is 3. The lowest BCUT2D eigenvalue weighted by Gasteiger charge is -2.25. The molecule has 2 atom stereocenters. The van der Waals surface area contributed by atoms with Gasteiger partial charge in [0.05, 0.1) is 190 Å². The predicted molar refractivity (Wildman–Crippen MR) is 223 cm³/mol. The van der Waals surface area contributed by atoms with Crippen LogP contribution in [0.3, 0.4) is 0 Å². The minimum absolute atomic E-state index is 0.0529. The van der Waals surface area contributed by atoms with Crippen LogP contribution in [0, 0.1) is 0 Å². The van der Waals surface area contributed by atoms with Crippen LogP contribution in [0.5, 0.6) is 0 Å². The lowest BCUT2D eigenvalue weighted by molar-refractivity contribution is -0.141. The van der Waals surface area contributed by atoms with Gasteiger partial charge in [-0.15, -0.1) is 16.9 Å². The van der Waals surface area contributed by atoms with E-state index < -0.39 is 23.2 Å². The standard InChI is InChI=1S/C39H71N5O17S/c1-2-4-49-6-8-51-10-12-53-14-16-55-18-20-57-22-24-59-26-28-61-29-27-60-25-23-58-21-19-56-17-15-54-13-11-52-9-7-50-5-3-44-32-34(42-43-44)31-40-37(45)30-36-38(46)41-35(33-62-36)39(47)48/h32,35-36H,2-31,33H2,1H3,(H,40,45)(H,41,46)(H,47,48). The Balaban J connectivity index is 1.19. The van der Waals surface area contributed by atoms with Gasteiger partial charge in [-0.1, -0.05) is 12.1 Å². The molecule has 1 aliphatic heterocycles. The van der Waals surface area contributed by atoms with Crippen molar-refractivity contribution in [2.24, 2.45) is 0 Å². The Hall–Kier alpha value is -2.62. The fourth-order valence-electron chi connectivity index (χ4n) is 4.88. The molecule has 1 aliphatic rings. The van der Waals surface area contributed by atoms with Crippen molar-refractivity contribution in [3.8, 4) is 0 Å². The van der Waals surface area contributed by atoms with Gasteiger partial charge in [-0.2, -0.15) is 0 Å². The van der Waals surface area contributed by atoms with Gasteiger partial charge in [-0.25, -0.2) is 9.48 Å². The molecule has 2 unspecified atom stereocenters. The number of hydrogen-bond donors (Lipinski definition) is 3. The van der Waals surface area contributed by atoms with Crippen LogP contribution in [-0.4, -0.2) is 227 Å². The molecular formula is C39H71N5O17S. The van der Waals surface area contributed by atoms with E-state index in [4.69, 9.17) is 66.7 Å². The molecule has 1 saturated heterocycles. The molecule has 3 N–H and O–H groups in total. The van der Waals surface area contributed by atoms with Crippen molar-refractivity contribution in [3.63, 3.8) is 0 Å². The number of carboxylic acid groups (broad SMARTS) is 1. The van der Waals surface area contributed by atoms with Crippen molar-refractivity contribution >= 4 is 29.5 Å². The second-order valence-corrected chi connectivity index (χ2v) is 14.4. The smallest absolute Gasteiger partial charge is 0.327 e. The van der Waals surface area contributed by atoms with E-state index in [0.29, 0.717) is 177 Å². The van der Waals surface area contributed by atoms with Gasteiger partial charge in [-0.05, 0) is 6.42 Å². The quantitative estimate of drug-likeness (QED) is 0.0704. The number of ether oxygens (including phenoxy) is 13. The van der Waals surface area contributed by atoms with Crippen molar-refractivity contribution in [2.45, 2.75) is 44.1 Å². The summed E-state index contributed by atoms with van der Waals surface area (Å²) in [5.41, 5.74) is 0.559. The fourth-order valence-corrected chi connectivity index (χ4v) is 6.02. The van der Waals surface area contributed by atoms with Gasteiger partial charge in [0.25, 0.3) is 0 Å². The topological polar surface area (TPSA) is 246 Å². The molecule has 360 valence electrons. The second kappa shape index (κ2) is 41.1. The van der Waals surface area contributed by atoms with Gasteiger partial charge in [0.15, 0.2) is 0 Å². The lowest BCUT2D eigenvalue weighted by atomic mass is 10.2. The molecule has 0 aromatic carbocycles. The van der Waals surface area contributed by atoms with Crippen LogP contribution >= 0.6 is 11.8 Å². The third kappa shape index (κ3) is 33.0. The third-order valence-corrected chi connectivity index (χ3v) is 9.38. The second-order valence-electron chi connectivity index (χ2n) is 13.1. The molecular weight excluding hydrogens is 843 g/mol. The molecule has 2 amide bonds. The zero-order valence-electron chi connectivity index (χ0n) is 36.4. The molecule has 62 heavy (non-hydrogen) atoms. The van der Waals surface area contributed by atoms with E-state index in [1.807, 2.05) is 0 Å². The monoisotopic (exact) mass is 913 g/mol. The van der Waals surface area contributed by atoms with E-state index in [1.54, 1.807) is 10.9 Å². The van der Waals surface area contributed by atoms with Crippen LogP contribution in [0.25, 0.3) is 0 Å². The van der Waals surface area contributed by atoms with Gasteiger partial charge in [-0.3, -0.25) is 9.59 Å². The van der Waals surface area contributed by atoms with Crippen LogP contribution in [0.1, 0.15) is 25.5 Å². The molecule has 1 fully saturated rings. The number of carbonyl (C=O) groups is 3. The van der Waals surface area contributed by atoms with E-state index in [-0.39, 0.29) is 24.6 Å². The normalized spacial score (nSPS) is 15.3. The minimum Gasteiger partial charge on any atom is -0.480 e. The number of thioether (sulfide) groups is 1. The summed E-state index contributed by atoms with van der Waals surface area (Å²) in [7, 11) is 0. The third-order valence-electron chi connectivity index (χ3n) is 8.07. The average molecular weight is 914 g/mol. The van der Waals surface area contributed by atoms with Gasteiger partial charge in [0.2, 0.25) is 11.8 Å². The first kappa shape index (κ1) is 55.5. The SMILES string of the molecule is CCCOCCOCCOCCOCCOCCOCCOCCOCCOCCOCCOCCOCCOCCn1cc(CNC(=O)CC2SCC(C(=O)O)NC2=O)nn1. The first-order valence-corrected chi connectivity index (χ1v) is 22.4. The average Bonchev–Trinajstić information content (AvgIpc) is 3.73. The highest BCUT2D eigenvalue weighted by Gasteiger charge is 2.33. The molecule has 23 heteroatoms. The highest BCUT2D eigenvalue weighted by atomic mass is 32.2. The lowest BCUT2D eigenvalue weighted by Crippen LogP contribution is -2.51. The summed E-state index contributed by atoms with van der Waals surface area (Å²) in [4.78, 5) is 35.3. The van der Waals surface area contributed by atoms with E-state index >= 15 is 0 Å². The van der Waals surface area contributed by atoms with Crippen molar-refractivity contribution in [1.29, 1.82) is 0 Å². The fraction of sp³-hybridized carbons (Fsp3) is 0.872. The number of carboxylic acids is 1. The van der Waals surface area contributed by atoms with Crippen LogP contribution in [0.2, 0.25) is 0 Å². The van der Waals surface area contributed by atoms with Gasteiger partial charge < -0.3 is 77.3 Å². The largest absolute Gasteiger partial charge is 0.480 e. The summed E-state index contributed by atoms with van der Waals surface area (Å²) in [6, 6.07) is -0.935. The highest BCUT2D eigenvalue weighted by Crippen LogP contribution is 2.21. The van der Waals surface area contributed by atoms with Crippen molar-refractivity contribution < 1.29 is 81.1 Å². The first-order chi connectivity index (χ1) is 30.5. The summed E-state index contributed by atoms with van der Waals surface area (Å²) in [5.74, 6) is -1.67. The molecule has 0 radical (unpaired) electrons. The Bertz CT molecular complexity index is 1230. The molecule has 1 aromatic rings. The Labute approximate surface area is 369 Å². The molecule has 2 heterocycles. The van der Waals surface area contributed by atoms with E-state index in [0.717, 1.165) is 24.8 Å². The number of hydrogen-bond acceptors (Lipinski definition) is 19. The number of amides is 2. The summed E-state index contributed by atoms with van der Waals surface area (Å²) in [5, 5.41) is 21.6. The van der Waals surface area contributed by atoms with E-state index in [1.165, 1.54) is 0 Å². The maximum Gasteiger partial charge on any atom is 0.327 e. The Morgan fingerprint density at radius 1 is 0.629 bits per heavy atom. The number of rotatable bonds is 46. The maximum absolute atomic E-state index is 12.3. The highest BCUT2D eigenvalue weighted by molar-refractivity contribution is 8.00. The molecule has 0 aliphatic carbocycles. The molecule has 2 rings (SSSR count). The summed E-state index contributed by atoms with van der Waals surface area (Å²) >= 11 is 1.16. The van der Waals surface area contributed by atoms with Crippen LogP contribution < -0.4 is 10.6 Å². The summed E-state index contributed by atoms with van der Waals surface area (Å²) in [6.45, 7) is 15.7. The number of nitrogens with zero attached hydrogens (tertiary/aromatic N) is 3. The Kier molecular flexibility index (Phi) is 36.8. The zero-order chi connectivity index (χ0) is 44.4. The minimum atomic E-state index is -1.09. The molecule has 0 bridgehead atoms. The summed E-state index contributed by atoms with van der Waals surface area (Å²) < 4.78 is 72.8. The van der Waals surface area contributed by atoms with Crippen LogP contribution in [0.4, 0.5) is 0 Å². The molecule has 0 saturated carbocycles. The molecule has 1 aromatic heterocycles. The predicted octanol–water partition coefficient (Wildman–Crippen LogP) is -0.405. The Morgan fingerprint density at radius 2 is 0.984 bits per heavy atom. The maximum atomic E-state index is 12.3. The van der Waals surface area contributed by atoms with E-state index in [2.05, 4.69) is 27.9 Å². The van der Waals surface area contributed by atoms with Crippen LogP contribution in [0.15, 0.2) is 6.20 Å².